The minimum absolute atomic E-state index is 0.0660. The smallest absolute Gasteiger partial charge is 0.149 e. The van der Waals surface area contributed by atoms with Crippen molar-refractivity contribution in [3.63, 3.8) is 0 Å². The molecule has 0 aliphatic carbocycles. The Kier molecular flexibility index (Phi) is 2.02. The third kappa shape index (κ3) is 1.29. The Balaban J connectivity index is 2.39. The van der Waals surface area contributed by atoms with Gasteiger partial charge in [0.15, 0.2) is 0 Å². The Hall–Kier alpha value is 0.110. The molecule has 1 N–H and O–H groups in total. The van der Waals surface area contributed by atoms with Gasteiger partial charge in [-0.2, -0.15) is 0 Å². The molecule has 0 bridgehead atoms. The zero-order chi connectivity index (χ0) is 5.98. The number of piperidine rings is 1. The van der Waals surface area contributed by atoms with Crippen LogP contribution in [0.5, 0.6) is 0 Å². The lowest BCUT2D eigenvalue weighted by Gasteiger charge is -2.15. The minimum atomic E-state index is 0.0660. The molecular formula is C5H8BrNO. The van der Waals surface area contributed by atoms with Crippen molar-refractivity contribution in [1.29, 1.82) is 0 Å². The molecule has 2 nitrogen and oxygen atoms in total. The number of carbonyl (C=O) groups is 1. The van der Waals surface area contributed by atoms with E-state index in [-0.39, 0.29) is 4.83 Å². The van der Waals surface area contributed by atoms with Crippen LogP contribution in [0.2, 0.25) is 0 Å². The van der Waals surface area contributed by atoms with Crippen molar-refractivity contribution in [2.24, 2.45) is 0 Å². The van der Waals surface area contributed by atoms with Crippen molar-refractivity contribution in [3.8, 4) is 0 Å². The highest BCUT2D eigenvalue weighted by Crippen LogP contribution is 2.05. The van der Waals surface area contributed by atoms with Gasteiger partial charge in [0.05, 0.1) is 4.83 Å². The van der Waals surface area contributed by atoms with E-state index >= 15 is 0 Å². The van der Waals surface area contributed by atoms with E-state index in [2.05, 4.69) is 21.2 Å². The van der Waals surface area contributed by atoms with Crippen molar-refractivity contribution < 1.29 is 4.79 Å². The largest absolute Gasteiger partial charge is 0.315 e. The van der Waals surface area contributed by atoms with Crippen LogP contribution in [0.25, 0.3) is 0 Å². The molecule has 0 aromatic carbocycles. The molecule has 1 heterocycles. The summed E-state index contributed by atoms with van der Waals surface area (Å²) >= 11 is 3.24. The van der Waals surface area contributed by atoms with E-state index in [0.717, 1.165) is 13.1 Å². The van der Waals surface area contributed by atoms with Crippen molar-refractivity contribution >= 4 is 21.7 Å². The van der Waals surface area contributed by atoms with Crippen LogP contribution in [0.15, 0.2) is 0 Å². The Morgan fingerprint density at radius 3 is 2.88 bits per heavy atom. The molecule has 1 fully saturated rings. The monoisotopic (exact) mass is 177 g/mol. The van der Waals surface area contributed by atoms with Crippen LogP contribution in [-0.4, -0.2) is 23.7 Å². The van der Waals surface area contributed by atoms with E-state index in [1.165, 1.54) is 0 Å². The summed E-state index contributed by atoms with van der Waals surface area (Å²) in [7, 11) is 0. The molecule has 1 aliphatic heterocycles. The van der Waals surface area contributed by atoms with Gasteiger partial charge >= 0.3 is 0 Å². The lowest BCUT2D eigenvalue weighted by Crippen LogP contribution is -2.37. The van der Waals surface area contributed by atoms with Gasteiger partial charge in [0, 0.05) is 19.5 Å². The highest BCUT2D eigenvalue weighted by atomic mass is 79.9. The van der Waals surface area contributed by atoms with Gasteiger partial charge in [0.25, 0.3) is 0 Å². The summed E-state index contributed by atoms with van der Waals surface area (Å²) in [4.78, 5) is 10.8. The quantitative estimate of drug-likeness (QED) is 0.541. The lowest BCUT2D eigenvalue weighted by atomic mass is 10.1. The SMILES string of the molecule is O=C1CCNC[C@H]1Br. The average Bonchev–Trinajstić information content (AvgIpc) is 1.77. The summed E-state index contributed by atoms with van der Waals surface area (Å²) in [5.74, 6) is 0.323. The lowest BCUT2D eigenvalue weighted by molar-refractivity contribution is -0.119. The highest BCUT2D eigenvalue weighted by molar-refractivity contribution is 9.10. The van der Waals surface area contributed by atoms with E-state index in [0.29, 0.717) is 12.2 Å². The maximum atomic E-state index is 10.7. The standard InChI is InChI=1S/C5H8BrNO/c6-4-3-7-2-1-5(4)8/h4,7H,1-3H2/t4-/m1/s1. The molecule has 0 unspecified atom stereocenters. The van der Waals surface area contributed by atoms with Crippen molar-refractivity contribution in [2.45, 2.75) is 11.2 Å². The molecule has 0 amide bonds. The van der Waals surface area contributed by atoms with Gasteiger partial charge < -0.3 is 5.32 Å². The fraction of sp³-hybridized carbons (Fsp3) is 0.800. The van der Waals surface area contributed by atoms with Gasteiger partial charge in [-0.3, -0.25) is 4.79 Å². The van der Waals surface area contributed by atoms with Crippen LogP contribution in [-0.2, 0) is 4.79 Å². The van der Waals surface area contributed by atoms with E-state index in [4.69, 9.17) is 0 Å². The minimum Gasteiger partial charge on any atom is -0.315 e. The number of rotatable bonds is 0. The Bertz CT molecular complexity index is 105. The van der Waals surface area contributed by atoms with Gasteiger partial charge in [-0.05, 0) is 0 Å². The molecular weight excluding hydrogens is 170 g/mol. The van der Waals surface area contributed by atoms with Crippen LogP contribution < -0.4 is 5.32 Å². The molecule has 0 aromatic rings. The number of halogens is 1. The Morgan fingerprint density at radius 1 is 1.75 bits per heavy atom. The third-order valence-electron chi connectivity index (χ3n) is 1.22. The summed E-state index contributed by atoms with van der Waals surface area (Å²) < 4.78 is 0. The Morgan fingerprint density at radius 2 is 2.50 bits per heavy atom. The first-order chi connectivity index (χ1) is 3.80. The highest BCUT2D eigenvalue weighted by Gasteiger charge is 2.17. The van der Waals surface area contributed by atoms with Crippen LogP contribution >= 0.6 is 15.9 Å². The topological polar surface area (TPSA) is 29.1 Å². The summed E-state index contributed by atoms with van der Waals surface area (Å²) in [5, 5.41) is 3.10. The normalized spacial score (nSPS) is 30.6. The number of hydrogen-bond acceptors (Lipinski definition) is 2. The van der Waals surface area contributed by atoms with Gasteiger partial charge in [-0.25, -0.2) is 0 Å². The van der Waals surface area contributed by atoms with E-state index < -0.39 is 0 Å². The maximum absolute atomic E-state index is 10.7. The summed E-state index contributed by atoms with van der Waals surface area (Å²) in [6.07, 6.45) is 0.677. The van der Waals surface area contributed by atoms with Crippen molar-refractivity contribution in [1.82, 2.24) is 5.32 Å². The predicted molar refractivity (Wildman–Crippen MR) is 35.2 cm³/mol. The molecule has 1 atom stereocenters. The molecule has 3 heteroatoms. The number of nitrogens with one attached hydrogen (secondary N) is 1. The van der Waals surface area contributed by atoms with Gasteiger partial charge in [-0.15, -0.1) is 0 Å². The number of carbonyl (C=O) groups excluding carboxylic acids is 1. The molecule has 8 heavy (non-hydrogen) atoms. The second-order valence-electron chi connectivity index (χ2n) is 1.89. The van der Waals surface area contributed by atoms with Crippen molar-refractivity contribution in [3.05, 3.63) is 0 Å². The third-order valence-corrected chi connectivity index (χ3v) is 2.06. The van der Waals surface area contributed by atoms with E-state index in [9.17, 15) is 4.79 Å². The zero-order valence-corrected chi connectivity index (χ0v) is 6.07. The molecule has 1 aliphatic rings. The second kappa shape index (κ2) is 2.60. The molecule has 0 spiro atoms. The van der Waals surface area contributed by atoms with Crippen LogP contribution in [0, 0.1) is 0 Å². The maximum Gasteiger partial charge on any atom is 0.149 e. The Labute approximate surface area is 56.8 Å². The van der Waals surface area contributed by atoms with Crippen LogP contribution in [0.3, 0.4) is 0 Å². The summed E-state index contributed by atoms with van der Waals surface area (Å²) in [6, 6.07) is 0. The molecule has 0 radical (unpaired) electrons. The van der Waals surface area contributed by atoms with Crippen LogP contribution in [0.4, 0.5) is 0 Å². The number of alkyl halides is 1. The predicted octanol–water partition coefficient (Wildman–Crippen LogP) is 0.312. The molecule has 46 valence electrons. The first-order valence-electron chi connectivity index (χ1n) is 2.68. The number of ketones is 1. The zero-order valence-electron chi connectivity index (χ0n) is 4.48. The number of hydrogen-bond donors (Lipinski definition) is 1. The fourth-order valence-corrected chi connectivity index (χ4v) is 1.17. The van der Waals surface area contributed by atoms with Crippen molar-refractivity contribution in [2.75, 3.05) is 13.1 Å². The van der Waals surface area contributed by atoms with Gasteiger partial charge in [0.2, 0.25) is 0 Å². The van der Waals surface area contributed by atoms with E-state index in [1.807, 2.05) is 0 Å². The fourth-order valence-electron chi connectivity index (χ4n) is 0.711. The molecule has 1 saturated heterocycles. The first kappa shape index (κ1) is 6.23. The molecule has 1 rings (SSSR count). The summed E-state index contributed by atoms with van der Waals surface area (Å²) in [5.41, 5.74) is 0. The first-order valence-corrected chi connectivity index (χ1v) is 3.60. The average molecular weight is 178 g/mol. The number of Topliss-reactive ketones (excluding diaryl/α,β-unsaturated/α-hetero) is 1. The van der Waals surface area contributed by atoms with Gasteiger partial charge in [0.1, 0.15) is 5.78 Å². The van der Waals surface area contributed by atoms with Gasteiger partial charge in [-0.1, -0.05) is 15.9 Å². The van der Waals surface area contributed by atoms with E-state index in [1.54, 1.807) is 0 Å². The summed E-state index contributed by atoms with van der Waals surface area (Å²) in [6.45, 7) is 1.64. The molecule has 0 aromatic heterocycles. The second-order valence-corrected chi connectivity index (χ2v) is 2.99. The van der Waals surface area contributed by atoms with Crippen LogP contribution in [0.1, 0.15) is 6.42 Å². The molecule has 0 saturated carbocycles.